The zero-order valence-corrected chi connectivity index (χ0v) is 15.9. The highest BCUT2D eigenvalue weighted by molar-refractivity contribution is 5.85. The van der Waals surface area contributed by atoms with Gasteiger partial charge in [-0.2, -0.15) is 0 Å². The number of carbonyl (C=O) groups is 2. The standard InChI is InChI=1S/C21H30O5/c1-11(22)26-13-6-7-20(2)12(8-13)9-15(23)18-14-4-5-17(25)21(14,3)10-16(24)19(18)20/h9,13-15,17-19,23,25H,4-8,10H2,1-3H3/t13-,14-,15-,17-,18+,19-,20-,21-/m0/s1. The Labute approximate surface area is 154 Å². The number of esters is 1. The molecule has 5 heteroatoms. The SMILES string of the molecule is CC(=O)O[C@H]1CC[C@@]2(C)C(=C[C@H](O)[C@H]3[C@@H]4CC[C@H](O)[C@@]4(C)CC(=O)[C@@H]32)C1. The molecule has 5 nitrogen and oxygen atoms in total. The van der Waals surface area contributed by atoms with Gasteiger partial charge in [-0.05, 0) is 37.0 Å². The van der Waals surface area contributed by atoms with E-state index in [1.165, 1.54) is 6.92 Å². The lowest BCUT2D eigenvalue weighted by Crippen LogP contribution is -2.59. The fourth-order valence-electron chi connectivity index (χ4n) is 6.74. The average Bonchev–Trinajstić information content (AvgIpc) is 2.83. The lowest BCUT2D eigenvalue weighted by molar-refractivity contribution is -0.158. The van der Waals surface area contributed by atoms with E-state index < -0.39 is 17.6 Å². The third kappa shape index (κ3) is 2.43. The Kier molecular flexibility index (Phi) is 4.12. The van der Waals surface area contributed by atoms with Crippen LogP contribution in [-0.4, -0.2) is 40.3 Å². The van der Waals surface area contributed by atoms with Crippen molar-refractivity contribution < 1.29 is 24.5 Å². The van der Waals surface area contributed by atoms with E-state index in [1.807, 2.05) is 13.0 Å². The van der Waals surface area contributed by atoms with Crippen LogP contribution in [0.3, 0.4) is 0 Å². The van der Waals surface area contributed by atoms with E-state index in [2.05, 4.69) is 6.92 Å². The molecule has 0 aromatic carbocycles. The molecule has 0 bridgehead atoms. The highest BCUT2D eigenvalue weighted by Gasteiger charge is 2.63. The molecule has 2 N–H and O–H groups in total. The van der Waals surface area contributed by atoms with Gasteiger partial charge in [0, 0.05) is 37.0 Å². The molecule has 4 aliphatic carbocycles. The summed E-state index contributed by atoms with van der Waals surface area (Å²) >= 11 is 0. The second kappa shape index (κ2) is 5.90. The third-order valence-corrected chi connectivity index (χ3v) is 8.06. The fraction of sp³-hybridized carbons (Fsp3) is 0.810. The Balaban J connectivity index is 1.70. The summed E-state index contributed by atoms with van der Waals surface area (Å²) in [5, 5.41) is 21.5. The van der Waals surface area contributed by atoms with E-state index in [-0.39, 0.29) is 41.0 Å². The summed E-state index contributed by atoms with van der Waals surface area (Å²) in [4.78, 5) is 24.6. The molecule has 0 heterocycles. The molecule has 3 saturated carbocycles. The van der Waals surface area contributed by atoms with Gasteiger partial charge in [-0.15, -0.1) is 0 Å². The third-order valence-electron chi connectivity index (χ3n) is 8.06. The molecule has 0 aromatic rings. The predicted molar refractivity (Wildman–Crippen MR) is 95.0 cm³/mol. The molecular formula is C21H30O5. The Morgan fingerprint density at radius 2 is 1.96 bits per heavy atom. The van der Waals surface area contributed by atoms with E-state index in [0.29, 0.717) is 19.3 Å². The molecule has 144 valence electrons. The highest BCUT2D eigenvalue weighted by Crippen LogP contribution is 2.63. The second-order valence-electron chi connectivity index (χ2n) is 9.48. The van der Waals surface area contributed by atoms with Gasteiger partial charge in [0.05, 0.1) is 12.2 Å². The number of aliphatic hydroxyl groups is 2. The smallest absolute Gasteiger partial charge is 0.302 e. The van der Waals surface area contributed by atoms with Crippen LogP contribution in [0.5, 0.6) is 0 Å². The number of carbonyl (C=O) groups excluding carboxylic acids is 2. The first-order valence-corrected chi connectivity index (χ1v) is 9.94. The van der Waals surface area contributed by atoms with Crippen LogP contribution in [0.4, 0.5) is 0 Å². The Morgan fingerprint density at radius 3 is 2.65 bits per heavy atom. The van der Waals surface area contributed by atoms with E-state index in [4.69, 9.17) is 4.74 Å². The van der Waals surface area contributed by atoms with Crippen LogP contribution in [0.2, 0.25) is 0 Å². The molecule has 0 spiro atoms. The van der Waals surface area contributed by atoms with Gasteiger partial charge in [0.15, 0.2) is 0 Å². The molecule has 4 aliphatic rings. The first kappa shape index (κ1) is 18.2. The van der Waals surface area contributed by atoms with E-state index in [9.17, 15) is 19.8 Å². The number of ketones is 1. The quantitative estimate of drug-likeness (QED) is 0.553. The zero-order valence-electron chi connectivity index (χ0n) is 15.9. The molecule has 0 radical (unpaired) electrons. The normalized spacial score (nSPS) is 50.3. The summed E-state index contributed by atoms with van der Waals surface area (Å²) in [6.07, 6.45) is 4.79. The minimum Gasteiger partial charge on any atom is -0.462 e. The van der Waals surface area contributed by atoms with Gasteiger partial charge >= 0.3 is 5.97 Å². The molecule has 8 atom stereocenters. The van der Waals surface area contributed by atoms with Gasteiger partial charge in [-0.25, -0.2) is 0 Å². The van der Waals surface area contributed by atoms with Crippen LogP contribution < -0.4 is 0 Å². The molecular weight excluding hydrogens is 332 g/mol. The fourth-order valence-corrected chi connectivity index (χ4v) is 6.74. The largest absolute Gasteiger partial charge is 0.462 e. The van der Waals surface area contributed by atoms with Crippen molar-refractivity contribution in [1.82, 2.24) is 0 Å². The van der Waals surface area contributed by atoms with Gasteiger partial charge < -0.3 is 14.9 Å². The molecule has 3 fully saturated rings. The number of fused-ring (bicyclic) bond motifs is 5. The lowest BCUT2D eigenvalue weighted by atomic mass is 9.47. The number of hydrogen-bond acceptors (Lipinski definition) is 5. The summed E-state index contributed by atoms with van der Waals surface area (Å²) in [6.45, 7) is 5.60. The second-order valence-corrected chi connectivity index (χ2v) is 9.48. The van der Waals surface area contributed by atoms with Crippen molar-refractivity contribution in [2.45, 2.75) is 77.6 Å². The lowest BCUT2D eigenvalue weighted by Gasteiger charge is -2.57. The average molecular weight is 362 g/mol. The Morgan fingerprint density at radius 1 is 1.23 bits per heavy atom. The Bertz CT molecular complexity index is 669. The maximum absolute atomic E-state index is 13.3. The van der Waals surface area contributed by atoms with Crippen LogP contribution in [0, 0.1) is 28.6 Å². The number of aliphatic hydroxyl groups excluding tert-OH is 2. The van der Waals surface area contributed by atoms with Crippen molar-refractivity contribution in [3.63, 3.8) is 0 Å². The van der Waals surface area contributed by atoms with Crippen molar-refractivity contribution in [3.05, 3.63) is 11.6 Å². The molecule has 0 aliphatic heterocycles. The summed E-state index contributed by atoms with van der Waals surface area (Å²) in [5.41, 5.74) is 0.391. The van der Waals surface area contributed by atoms with Crippen molar-refractivity contribution >= 4 is 11.8 Å². The monoisotopic (exact) mass is 362 g/mol. The van der Waals surface area contributed by atoms with E-state index >= 15 is 0 Å². The van der Waals surface area contributed by atoms with Crippen molar-refractivity contribution in [1.29, 1.82) is 0 Å². The molecule has 0 saturated heterocycles. The number of hydrogen-bond donors (Lipinski definition) is 2. The van der Waals surface area contributed by atoms with E-state index in [1.54, 1.807) is 0 Å². The van der Waals surface area contributed by atoms with Gasteiger partial charge in [-0.1, -0.05) is 25.5 Å². The maximum atomic E-state index is 13.3. The van der Waals surface area contributed by atoms with Crippen molar-refractivity contribution in [2.75, 3.05) is 0 Å². The predicted octanol–water partition coefficient (Wildman–Crippen LogP) is 2.39. The molecule has 0 aromatic heterocycles. The van der Waals surface area contributed by atoms with Gasteiger partial charge in [-0.3, -0.25) is 9.59 Å². The summed E-state index contributed by atoms with van der Waals surface area (Å²) < 4.78 is 5.40. The molecule has 0 amide bonds. The minimum atomic E-state index is -0.668. The summed E-state index contributed by atoms with van der Waals surface area (Å²) in [6, 6.07) is 0. The van der Waals surface area contributed by atoms with Crippen molar-refractivity contribution in [2.24, 2.45) is 28.6 Å². The van der Waals surface area contributed by atoms with Crippen LogP contribution in [0.25, 0.3) is 0 Å². The Hall–Kier alpha value is -1.20. The first-order chi connectivity index (χ1) is 12.2. The van der Waals surface area contributed by atoms with Crippen LogP contribution in [0.15, 0.2) is 11.6 Å². The molecule has 0 unspecified atom stereocenters. The number of ether oxygens (including phenoxy) is 1. The van der Waals surface area contributed by atoms with Crippen LogP contribution in [-0.2, 0) is 14.3 Å². The summed E-state index contributed by atoms with van der Waals surface area (Å²) in [7, 11) is 0. The van der Waals surface area contributed by atoms with Gasteiger partial charge in [0.25, 0.3) is 0 Å². The number of Topliss-reactive ketones (excluding diaryl/α,β-unsaturated/α-hetero) is 1. The molecule has 4 rings (SSSR count). The zero-order chi connectivity index (χ0) is 18.9. The highest BCUT2D eigenvalue weighted by atomic mass is 16.5. The summed E-state index contributed by atoms with van der Waals surface area (Å²) in [5.74, 6) is -0.224. The van der Waals surface area contributed by atoms with Gasteiger partial charge in [0.1, 0.15) is 11.9 Å². The molecule has 26 heavy (non-hydrogen) atoms. The maximum Gasteiger partial charge on any atom is 0.302 e. The number of rotatable bonds is 1. The van der Waals surface area contributed by atoms with Crippen LogP contribution in [0.1, 0.15) is 59.3 Å². The minimum absolute atomic E-state index is 0.113. The topological polar surface area (TPSA) is 83.8 Å². The van der Waals surface area contributed by atoms with E-state index in [0.717, 1.165) is 24.8 Å². The van der Waals surface area contributed by atoms with Crippen LogP contribution >= 0.6 is 0 Å². The van der Waals surface area contributed by atoms with Gasteiger partial charge in [0.2, 0.25) is 0 Å². The van der Waals surface area contributed by atoms with Crippen molar-refractivity contribution in [3.8, 4) is 0 Å². The first-order valence-electron chi connectivity index (χ1n) is 9.94.